The van der Waals surface area contributed by atoms with E-state index < -0.39 is 72.3 Å². The number of phosphoric ester groups is 2. The third kappa shape index (κ3) is 45.1. The van der Waals surface area contributed by atoms with Crippen LogP contribution in [0, 0.1) is 0 Å². The van der Waals surface area contributed by atoms with Crippen LogP contribution in [-0.2, 0) is 41.8 Å². The summed E-state index contributed by atoms with van der Waals surface area (Å²) < 4.78 is 47.6. The standard InChI is InChI=1S/C48H76O14P2/c1-3-5-7-9-11-12-13-14-15-16-17-18-19-24-27-31-35-39-48(52)62-46(43-61-64(56,57)60-41-45(50)40-59-63(53,54)55)42-58-47(51)38-34-30-26-23-21-20-22-25-29-33-37-44(49)36-32-28-10-8-6-4-2/h6,8,11-12,14-15,17-18,20-21,24-30,32-33,37,44-46,49-50H,3-5,7,9-10,13,16,19,22-23,31,34-36,38-43H2,1-2H3,(H,56,57)(H2,53,54,55)/b8-6-,12-11-,15-14-,18-17-,21-20-,27-24-,29-25-,30-26-,32-28-,37-33+/t44?,45-,46+/m0/s1. The lowest BCUT2D eigenvalue weighted by Crippen LogP contribution is -2.29. The fourth-order valence-electron chi connectivity index (χ4n) is 5.04. The monoisotopic (exact) mass is 938 g/mol. The molecule has 2 unspecified atom stereocenters. The number of allylic oxidation sites excluding steroid dienone is 18. The molecule has 0 saturated carbocycles. The predicted octanol–water partition coefficient (Wildman–Crippen LogP) is 10.6. The van der Waals surface area contributed by atoms with Crippen LogP contribution >= 0.6 is 15.6 Å². The maximum atomic E-state index is 12.7. The number of hydrogen-bond acceptors (Lipinski definition) is 11. The number of hydrogen-bond donors (Lipinski definition) is 5. The molecule has 0 aliphatic heterocycles. The van der Waals surface area contributed by atoms with E-state index in [-0.39, 0.29) is 12.8 Å². The van der Waals surface area contributed by atoms with Gasteiger partial charge >= 0.3 is 27.6 Å². The number of unbranched alkanes of at least 4 members (excludes halogenated alkanes) is 4. The van der Waals surface area contributed by atoms with Gasteiger partial charge < -0.3 is 34.4 Å². The Labute approximate surface area is 382 Å². The highest BCUT2D eigenvalue weighted by atomic mass is 31.2. The highest BCUT2D eigenvalue weighted by Gasteiger charge is 2.28. The van der Waals surface area contributed by atoms with Crippen LogP contribution in [0.2, 0.25) is 0 Å². The van der Waals surface area contributed by atoms with E-state index in [0.717, 1.165) is 44.9 Å². The summed E-state index contributed by atoms with van der Waals surface area (Å²) in [6.07, 6.45) is 49.5. The van der Waals surface area contributed by atoms with Crippen molar-refractivity contribution < 1.29 is 66.7 Å². The molecule has 362 valence electrons. The van der Waals surface area contributed by atoms with Gasteiger partial charge in [-0.1, -0.05) is 148 Å². The van der Waals surface area contributed by atoms with Gasteiger partial charge in [-0.3, -0.25) is 23.2 Å². The van der Waals surface area contributed by atoms with Gasteiger partial charge in [-0.05, 0) is 83.5 Å². The van der Waals surface area contributed by atoms with Crippen molar-refractivity contribution in [3.8, 4) is 0 Å². The lowest BCUT2D eigenvalue weighted by molar-refractivity contribution is -0.161. The molecular formula is C48H76O14P2. The first-order valence-electron chi connectivity index (χ1n) is 22.3. The molecule has 0 spiro atoms. The van der Waals surface area contributed by atoms with E-state index in [9.17, 15) is 33.8 Å². The summed E-state index contributed by atoms with van der Waals surface area (Å²) in [5.41, 5.74) is 0. The average Bonchev–Trinajstić information content (AvgIpc) is 3.25. The Balaban J connectivity index is 4.79. The van der Waals surface area contributed by atoms with E-state index in [4.69, 9.17) is 23.8 Å². The van der Waals surface area contributed by atoms with Crippen LogP contribution in [0.4, 0.5) is 0 Å². The van der Waals surface area contributed by atoms with Gasteiger partial charge in [0.15, 0.2) is 6.10 Å². The molecule has 16 heteroatoms. The Morgan fingerprint density at radius 2 is 1.05 bits per heavy atom. The van der Waals surface area contributed by atoms with E-state index in [2.05, 4.69) is 71.5 Å². The molecule has 0 bridgehead atoms. The second kappa shape index (κ2) is 42.1. The first kappa shape index (κ1) is 60.5. The molecule has 0 rings (SSSR count). The second-order valence-electron chi connectivity index (χ2n) is 14.4. The molecule has 64 heavy (non-hydrogen) atoms. The SMILES string of the molecule is CC/C=C\C/C=C\CC(O)/C=C/C=C\C/C=C\C/C=C\CCC(=O)OC[C@H](COP(=O)(O)OC[C@@H](O)COP(=O)(O)O)OC(=O)CCC/C=C\C/C=C\C/C=C\C/C=C\CCCCC. The first-order valence-corrected chi connectivity index (χ1v) is 25.4. The van der Waals surface area contributed by atoms with Crippen LogP contribution in [0.15, 0.2) is 122 Å². The summed E-state index contributed by atoms with van der Waals surface area (Å²) >= 11 is 0. The van der Waals surface area contributed by atoms with Gasteiger partial charge in [0.1, 0.15) is 12.7 Å². The van der Waals surface area contributed by atoms with Crippen molar-refractivity contribution in [2.45, 2.75) is 141 Å². The molecule has 0 amide bonds. The van der Waals surface area contributed by atoms with Gasteiger partial charge in [0.25, 0.3) is 0 Å². The summed E-state index contributed by atoms with van der Waals surface area (Å²) in [5.74, 6) is -1.24. The van der Waals surface area contributed by atoms with Crippen molar-refractivity contribution in [3.63, 3.8) is 0 Å². The van der Waals surface area contributed by atoms with Crippen LogP contribution in [0.25, 0.3) is 0 Å². The number of ether oxygens (including phenoxy) is 2. The van der Waals surface area contributed by atoms with Crippen LogP contribution in [0.5, 0.6) is 0 Å². The largest absolute Gasteiger partial charge is 0.472 e. The third-order valence-corrected chi connectivity index (χ3v) is 9.85. The first-order chi connectivity index (χ1) is 30.8. The number of rotatable bonds is 40. The van der Waals surface area contributed by atoms with Crippen LogP contribution in [0.3, 0.4) is 0 Å². The van der Waals surface area contributed by atoms with Crippen molar-refractivity contribution >= 4 is 27.6 Å². The Kier molecular flexibility index (Phi) is 39.8. The van der Waals surface area contributed by atoms with Gasteiger partial charge in [-0.25, -0.2) is 9.13 Å². The van der Waals surface area contributed by atoms with Crippen LogP contribution in [-0.4, -0.2) is 81.6 Å². The van der Waals surface area contributed by atoms with E-state index in [1.165, 1.54) is 19.3 Å². The highest BCUT2D eigenvalue weighted by molar-refractivity contribution is 7.47. The molecule has 0 aromatic heterocycles. The molecule has 0 fully saturated rings. The average molecular weight is 939 g/mol. The zero-order valence-electron chi connectivity index (χ0n) is 37.9. The van der Waals surface area contributed by atoms with E-state index >= 15 is 0 Å². The summed E-state index contributed by atoms with van der Waals surface area (Å²) in [4.78, 5) is 52.7. The number of esters is 2. The molecule has 0 saturated heterocycles. The molecule has 5 N–H and O–H groups in total. The summed E-state index contributed by atoms with van der Waals surface area (Å²) in [7, 11) is -9.75. The van der Waals surface area contributed by atoms with Gasteiger partial charge in [-0.2, -0.15) is 0 Å². The van der Waals surface area contributed by atoms with Crippen molar-refractivity contribution in [2.75, 3.05) is 26.4 Å². The third-order valence-electron chi connectivity index (χ3n) is 8.42. The normalized spacial score (nSPS) is 15.5. The van der Waals surface area contributed by atoms with Crippen molar-refractivity contribution in [2.24, 2.45) is 0 Å². The molecule has 0 heterocycles. The van der Waals surface area contributed by atoms with E-state index in [1.807, 2.05) is 66.8 Å². The fraction of sp³-hybridized carbons (Fsp3) is 0.542. The number of carbonyl (C=O) groups is 2. The zero-order chi connectivity index (χ0) is 47.4. The van der Waals surface area contributed by atoms with Gasteiger partial charge in [0.05, 0.1) is 25.9 Å². The number of aliphatic hydroxyl groups excluding tert-OH is 2. The number of phosphoric acid groups is 2. The van der Waals surface area contributed by atoms with Crippen molar-refractivity contribution in [3.05, 3.63) is 122 Å². The van der Waals surface area contributed by atoms with Gasteiger partial charge in [-0.15, -0.1) is 0 Å². The lowest BCUT2D eigenvalue weighted by atomic mass is 10.2. The molecular weight excluding hydrogens is 862 g/mol. The Hall–Kier alpha value is -3.52. The summed E-state index contributed by atoms with van der Waals surface area (Å²) in [6.45, 7) is 1.37. The maximum Gasteiger partial charge on any atom is 0.472 e. The van der Waals surface area contributed by atoms with Crippen LogP contribution < -0.4 is 0 Å². The Bertz CT molecular complexity index is 1600. The zero-order valence-corrected chi connectivity index (χ0v) is 39.7. The molecule has 0 aromatic rings. The quantitative estimate of drug-likeness (QED) is 0.0127. The number of carbonyl (C=O) groups excluding carboxylic acids is 2. The maximum absolute atomic E-state index is 12.7. The summed E-state index contributed by atoms with van der Waals surface area (Å²) in [5, 5.41) is 19.8. The predicted molar refractivity (Wildman–Crippen MR) is 254 cm³/mol. The fourth-order valence-corrected chi connectivity index (χ4v) is 6.19. The van der Waals surface area contributed by atoms with E-state index in [1.54, 1.807) is 6.08 Å². The van der Waals surface area contributed by atoms with Crippen molar-refractivity contribution in [1.29, 1.82) is 0 Å². The van der Waals surface area contributed by atoms with Gasteiger partial charge in [0, 0.05) is 12.8 Å². The van der Waals surface area contributed by atoms with Crippen molar-refractivity contribution in [1.82, 2.24) is 0 Å². The molecule has 14 nitrogen and oxygen atoms in total. The highest BCUT2D eigenvalue weighted by Crippen LogP contribution is 2.43. The summed E-state index contributed by atoms with van der Waals surface area (Å²) in [6, 6.07) is 0. The topological polar surface area (TPSA) is 216 Å². The Morgan fingerprint density at radius 1 is 0.531 bits per heavy atom. The minimum absolute atomic E-state index is 0.0219. The smallest absolute Gasteiger partial charge is 0.462 e. The minimum Gasteiger partial charge on any atom is -0.462 e. The number of aliphatic hydroxyl groups is 2. The minimum atomic E-state index is -4.89. The Morgan fingerprint density at radius 3 is 1.64 bits per heavy atom. The molecule has 0 aromatic carbocycles. The second-order valence-corrected chi connectivity index (χ2v) is 17.1. The molecule has 0 aliphatic carbocycles. The van der Waals surface area contributed by atoms with Crippen LogP contribution in [0.1, 0.15) is 123 Å². The van der Waals surface area contributed by atoms with E-state index in [0.29, 0.717) is 32.1 Å². The lowest BCUT2D eigenvalue weighted by Gasteiger charge is -2.20. The molecule has 0 aliphatic rings. The van der Waals surface area contributed by atoms with Gasteiger partial charge in [0.2, 0.25) is 0 Å². The molecule has 4 atom stereocenters. The molecule has 0 radical (unpaired) electrons.